The molecule has 0 saturated carbocycles. The number of ether oxygens (including phenoxy) is 2. The second-order valence-corrected chi connectivity index (χ2v) is 6.09. The maximum atomic E-state index is 13.0. The van der Waals surface area contributed by atoms with Crippen molar-refractivity contribution >= 4 is 5.91 Å². The van der Waals surface area contributed by atoms with Gasteiger partial charge in [0.25, 0.3) is 5.91 Å². The third-order valence-electron chi connectivity index (χ3n) is 4.03. The van der Waals surface area contributed by atoms with Crippen LogP contribution in [0.15, 0.2) is 30.7 Å². The second-order valence-electron chi connectivity index (χ2n) is 6.09. The third-order valence-corrected chi connectivity index (χ3v) is 4.03. The number of nitrogens with zero attached hydrogens (tertiary/aromatic N) is 3. The van der Waals surface area contributed by atoms with Crippen LogP contribution in [-0.4, -0.2) is 51.6 Å². The molecule has 7 heteroatoms. The molecule has 1 N–H and O–H groups in total. The Labute approximate surface area is 141 Å². The van der Waals surface area contributed by atoms with Gasteiger partial charge in [-0.05, 0) is 19.9 Å². The third kappa shape index (κ3) is 3.41. The smallest absolute Gasteiger partial charge is 0.254 e. The van der Waals surface area contributed by atoms with E-state index < -0.39 is 0 Å². The van der Waals surface area contributed by atoms with Gasteiger partial charge >= 0.3 is 0 Å². The first kappa shape index (κ1) is 16.4. The van der Waals surface area contributed by atoms with Crippen LogP contribution in [0.1, 0.15) is 42.5 Å². The van der Waals surface area contributed by atoms with Crippen LogP contribution in [0.2, 0.25) is 0 Å². The molecule has 0 aromatic carbocycles. The Balaban J connectivity index is 1.84. The number of hydrogen-bond acceptors (Lipinski definition) is 5. The summed E-state index contributed by atoms with van der Waals surface area (Å²) < 4.78 is 11.0. The molecule has 2 aromatic rings. The molecule has 1 fully saturated rings. The predicted octanol–water partition coefficient (Wildman–Crippen LogP) is 2.19. The average Bonchev–Trinajstić information content (AvgIpc) is 3.22. The number of methoxy groups -OCH3 is 1. The number of aromatic amines is 1. The molecular formula is C17H22N4O3. The van der Waals surface area contributed by atoms with Gasteiger partial charge in [0.2, 0.25) is 5.88 Å². The highest BCUT2D eigenvalue weighted by Crippen LogP contribution is 2.33. The summed E-state index contributed by atoms with van der Waals surface area (Å²) in [6, 6.07) is 3.26. The molecule has 3 rings (SSSR count). The molecule has 128 valence electrons. The minimum absolute atomic E-state index is 0.00253. The molecule has 24 heavy (non-hydrogen) atoms. The second kappa shape index (κ2) is 7.00. The van der Waals surface area contributed by atoms with Gasteiger partial charge in [-0.15, -0.1) is 0 Å². The Kier molecular flexibility index (Phi) is 4.80. The van der Waals surface area contributed by atoms with Gasteiger partial charge in [0.1, 0.15) is 5.82 Å². The van der Waals surface area contributed by atoms with Gasteiger partial charge in [0, 0.05) is 50.3 Å². The number of likely N-dealkylation sites (tertiary alicyclic amines) is 1. The number of aromatic nitrogens is 3. The van der Waals surface area contributed by atoms with Crippen molar-refractivity contribution in [2.75, 3.05) is 13.7 Å². The molecule has 0 bridgehead atoms. The van der Waals surface area contributed by atoms with Crippen molar-refractivity contribution in [3.05, 3.63) is 42.1 Å². The number of H-pyrrole nitrogens is 1. The molecule has 2 atom stereocenters. The summed E-state index contributed by atoms with van der Waals surface area (Å²) in [5.74, 6) is 1.15. The van der Waals surface area contributed by atoms with Crippen LogP contribution in [0.3, 0.4) is 0 Å². The SMILES string of the molecule is CO[C@@H]1CC(c2ncc[nH]2)N(C(=O)c2ccnc(OC(C)C)c2)C1. The molecule has 1 aliphatic rings. The first-order chi connectivity index (χ1) is 11.6. The van der Waals surface area contributed by atoms with E-state index in [9.17, 15) is 4.79 Å². The van der Waals surface area contributed by atoms with Gasteiger partial charge in [-0.2, -0.15) is 0 Å². The van der Waals surface area contributed by atoms with Gasteiger partial charge in [-0.3, -0.25) is 4.79 Å². The van der Waals surface area contributed by atoms with Crippen molar-refractivity contribution in [1.29, 1.82) is 0 Å². The number of imidazole rings is 1. The number of carbonyl (C=O) groups excluding carboxylic acids is 1. The van der Waals surface area contributed by atoms with E-state index in [4.69, 9.17) is 9.47 Å². The summed E-state index contributed by atoms with van der Waals surface area (Å²) in [5.41, 5.74) is 0.550. The summed E-state index contributed by atoms with van der Waals surface area (Å²) in [4.78, 5) is 26.4. The Morgan fingerprint density at radius 3 is 2.88 bits per heavy atom. The Hall–Kier alpha value is -2.41. The molecule has 3 heterocycles. The highest BCUT2D eigenvalue weighted by molar-refractivity contribution is 5.94. The first-order valence-electron chi connectivity index (χ1n) is 8.04. The minimum atomic E-state index is -0.125. The highest BCUT2D eigenvalue weighted by atomic mass is 16.5. The summed E-state index contributed by atoms with van der Waals surface area (Å²) in [6.07, 6.45) is 5.77. The monoisotopic (exact) mass is 330 g/mol. The molecule has 2 aromatic heterocycles. The maximum Gasteiger partial charge on any atom is 0.254 e. The van der Waals surface area contributed by atoms with Gasteiger partial charge < -0.3 is 19.4 Å². The van der Waals surface area contributed by atoms with Crippen LogP contribution in [0.25, 0.3) is 0 Å². The van der Waals surface area contributed by atoms with Crippen molar-refractivity contribution in [2.45, 2.75) is 38.5 Å². The number of nitrogens with one attached hydrogen (secondary N) is 1. The van der Waals surface area contributed by atoms with Gasteiger partial charge in [-0.1, -0.05) is 0 Å². The van der Waals surface area contributed by atoms with Crippen LogP contribution in [0.4, 0.5) is 0 Å². The Morgan fingerprint density at radius 1 is 1.38 bits per heavy atom. The number of amides is 1. The lowest BCUT2D eigenvalue weighted by Gasteiger charge is -2.23. The van der Waals surface area contributed by atoms with Crippen molar-refractivity contribution in [2.24, 2.45) is 0 Å². The Morgan fingerprint density at radius 2 is 2.21 bits per heavy atom. The van der Waals surface area contributed by atoms with Crippen molar-refractivity contribution in [3.63, 3.8) is 0 Å². The zero-order valence-corrected chi connectivity index (χ0v) is 14.1. The van der Waals surface area contributed by atoms with Crippen LogP contribution >= 0.6 is 0 Å². The van der Waals surface area contributed by atoms with E-state index in [0.717, 1.165) is 12.2 Å². The number of hydrogen-bond donors (Lipinski definition) is 1. The lowest BCUT2D eigenvalue weighted by atomic mass is 10.1. The standard InChI is InChI=1S/C17H22N4O3/c1-11(2)24-15-8-12(4-5-18-15)17(22)21-10-13(23-3)9-14(21)16-19-6-7-20-16/h4-8,11,13-14H,9-10H2,1-3H3,(H,19,20)/t13-,14?/m1/s1. The Bertz CT molecular complexity index is 687. The fourth-order valence-corrected chi connectivity index (χ4v) is 2.93. The molecule has 1 saturated heterocycles. The molecule has 1 aliphatic heterocycles. The van der Waals surface area contributed by atoms with E-state index >= 15 is 0 Å². The lowest BCUT2D eigenvalue weighted by Crippen LogP contribution is -2.32. The van der Waals surface area contributed by atoms with Gasteiger partial charge in [0.05, 0.1) is 18.2 Å². The van der Waals surface area contributed by atoms with E-state index in [1.54, 1.807) is 42.7 Å². The molecule has 0 spiro atoms. The van der Waals surface area contributed by atoms with Crippen LogP contribution in [0, 0.1) is 0 Å². The molecule has 0 aliphatic carbocycles. The largest absolute Gasteiger partial charge is 0.475 e. The number of rotatable bonds is 5. The molecular weight excluding hydrogens is 308 g/mol. The quantitative estimate of drug-likeness (QED) is 0.909. The van der Waals surface area contributed by atoms with Crippen LogP contribution in [-0.2, 0) is 4.74 Å². The fourth-order valence-electron chi connectivity index (χ4n) is 2.93. The number of pyridine rings is 1. The van der Waals surface area contributed by atoms with Crippen LogP contribution in [0.5, 0.6) is 5.88 Å². The van der Waals surface area contributed by atoms with E-state index in [1.165, 1.54) is 0 Å². The average molecular weight is 330 g/mol. The first-order valence-corrected chi connectivity index (χ1v) is 8.04. The normalized spacial score (nSPS) is 20.6. The van der Waals surface area contributed by atoms with E-state index in [0.29, 0.717) is 18.0 Å². The summed E-state index contributed by atoms with van der Waals surface area (Å²) in [6.45, 7) is 4.38. The summed E-state index contributed by atoms with van der Waals surface area (Å²) in [5, 5.41) is 0. The van der Waals surface area contributed by atoms with E-state index in [2.05, 4.69) is 15.0 Å². The minimum Gasteiger partial charge on any atom is -0.475 e. The molecule has 1 amide bonds. The zero-order valence-electron chi connectivity index (χ0n) is 14.1. The molecule has 7 nitrogen and oxygen atoms in total. The zero-order chi connectivity index (χ0) is 17.1. The highest BCUT2D eigenvalue weighted by Gasteiger charge is 2.38. The topological polar surface area (TPSA) is 80.3 Å². The van der Waals surface area contributed by atoms with Gasteiger partial charge in [0.15, 0.2) is 0 Å². The van der Waals surface area contributed by atoms with Crippen LogP contribution < -0.4 is 4.74 Å². The van der Waals surface area contributed by atoms with Gasteiger partial charge in [-0.25, -0.2) is 9.97 Å². The van der Waals surface area contributed by atoms with Crippen molar-refractivity contribution < 1.29 is 14.3 Å². The van der Waals surface area contributed by atoms with Crippen molar-refractivity contribution in [1.82, 2.24) is 19.9 Å². The summed E-state index contributed by atoms with van der Waals surface area (Å²) >= 11 is 0. The fraction of sp³-hybridized carbons (Fsp3) is 0.471. The number of carbonyl (C=O) groups is 1. The van der Waals surface area contributed by atoms with Crippen molar-refractivity contribution in [3.8, 4) is 5.88 Å². The van der Waals surface area contributed by atoms with E-state index in [-0.39, 0.29) is 24.2 Å². The van der Waals surface area contributed by atoms with E-state index in [1.807, 2.05) is 13.8 Å². The lowest BCUT2D eigenvalue weighted by molar-refractivity contribution is 0.0683. The summed E-state index contributed by atoms with van der Waals surface area (Å²) in [7, 11) is 1.67. The maximum absolute atomic E-state index is 13.0. The predicted molar refractivity (Wildman–Crippen MR) is 87.8 cm³/mol. The molecule has 1 unspecified atom stereocenters. The molecule has 0 radical (unpaired) electrons.